The van der Waals surface area contributed by atoms with Crippen molar-refractivity contribution in [1.82, 2.24) is 4.31 Å². The number of amides is 1. The van der Waals surface area contributed by atoms with Gasteiger partial charge in [-0.25, -0.2) is 13.2 Å². The van der Waals surface area contributed by atoms with E-state index in [0.717, 1.165) is 25.3 Å². The number of nitrogens with one attached hydrogen (secondary N) is 1. The lowest BCUT2D eigenvalue weighted by atomic mass is 10.2. The lowest BCUT2D eigenvalue weighted by Gasteiger charge is -2.26. The van der Waals surface area contributed by atoms with Gasteiger partial charge < -0.3 is 19.9 Å². The minimum absolute atomic E-state index is 0.0260. The molecule has 2 N–H and O–H groups in total. The molecule has 1 fully saturated rings. The van der Waals surface area contributed by atoms with Gasteiger partial charge in [0.15, 0.2) is 18.1 Å². The first-order valence-electron chi connectivity index (χ1n) is 10.8. The van der Waals surface area contributed by atoms with Gasteiger partial charge in [0.2, 0.25) is 10.0 Å². The molecule has 2 aromatic carbocycles. The van der Waals surface area contributed by atoms with Gasteiger partial charge in [-0.15, -0.1) is 0 Å². The maximum atomic E-state index is 13.0. The second kappa shape index (κ2) is 11.2. The van der Waals surface area contributed by atoms with Crippen LogP contribution in [0.15, 0.2) is 47.4 Å². The van der Waals surface area contributed by atoms with Crippen molar-refractivity contribution in [2.24, 2.45) is 0 Å². The number of rotatable bonds is 8. The fraction of sp³-hybridized carbons (Fsp3) is 0.333. The van der Waals surface area contributed by atoms with Crippen molar-refractivity contribution >= 4 is 33.7 Å². The highest BCUT2D eigenvalue weighted by molar-refractivity contribution is 7.89. The molecule has 0 bridgehead atoms. The third-order valence-corrected chi connectivity index (χ3v) is 7.41. The van der Waals surface area contributed by atoms with Crippen LogP contribution in [0.5, 0.6) is 11.5 Å². The van der Waals surface area contributed by atoms with E-state index in [1.54, 1.807) is 31.2 Å². The number of phenolic OH excluding ortho intramolecular Hbond substituents is 1. The Morgan fingerprint density at radius 1 is 1.12 bits per heavy atom. The molecule has 0 atom stereocenters. The minimum Gasteiger partial charge on any atom is -0.504 e. The maximum Gasteiger partial charge on any atom is 0.331 e. The van der Waals surface area contributed by atoms with Crippen LogP contribution in [0, 0.1) is 6.92 Å². The summed E-state index contributed by atoms with van der Waals surface area (Å²) in [6.45, 7) is 2.14. The van der Waals surface area contributed by atoms with Gasteiger partial charge in [-0.3, -0.25) is 4.79 Å². The first-order valence-corrected chi connectivity index (χ1v) is 12.3. The van der Waals surface area contributed by atoms with Crippen molar-refractivity contribution in [3.63, 3.8) is 0 Å². The van der Waals surface area contributed by atoms with Gasteiger partial charge in [0, 0.05) is 24.9 Å². The monoisotopic (exact) mass is 488 g/mol. The molecule has 10 heteroatoms. The molecule has 0 saturated carbocycles. The summed E-state index contributed by atoms with van der Waals surface area (Å²) in [6.07, 6.45) is 5.27. The van der Waals surface area contributed by atoms with E-state index in [1.165, 1.54) is 29.6 Å². The smallest absolute Gasteiger partial charge is 0.331 e. The highest BCUT2D eigenvalue weighted by atomic mass is 32.2. The number of hydrogen-bond acceptors (Lipinski definition) is 7. The van der Waals surface area contributed by atoms with E-state index in [9.17, 15) is 23.1 Å². The van der Waals surface area contributed by atoms with Crippen molar-refractivity contribution in [2.45, 2.75) is 31.1 Å². The van der Waals surface area contributed by atoms with Gasteiger partial charge in [0.1, 0.15) is 0 Å². The third kappa shape index (κ3) is 6.36. The quantitative estimate of drug-likeness (QED) is 0.432. The molecule has 2 aromatic rings. The molecule has 1 saturated heterocycles. The summed E-state index contributed by atoms with van der Waals surface area (Å²) >= 11 is 0. The van der Waals surface area contributed by atoms with Crippen LogP contribution in [0.1, 0.15) is 30.4 Å². The van der Waals surface area contributed by atoms with Crippen LogP contribution < -0.4 is 10.1 Å². The Morgan fingerprint density at radius 3 is 2.56 bits per heavy atom. The molecule has 182 valence electrons. The molecule has 1 amide bonds. The van der Waals surface area contributed by atoms with Crippen LogP contribution in [-0.2, 0) is 24.3 Å². The number of esters is 1. The first kappa shape index (κ1) is 25.3. The molecule has 0 radical (unpaired) electrons. The summed E-state index contributed by atoms with van der Waals surface area (Å²) < 4.78 is 37.5. The number of aromatic hydroxyl groups is 1. The highest BCUT2D eigenvalue weighted by Crippen LogP contribution is 2.27. The second-order valence-corrected chi connectivity index (χ2v) is 9.77. The van der Waals surface area contributed by atoms with E-state index in [2.05, 4.69) is 5.32 Å². The summed E-state index contributed by atoms with van der Waals surface area (Å²) in [5.74, 6) is -1.10. The van der Waals surface area contributed by atoms with Crippen molar-refractivity contribution in [2.75, 3.05) is 32.1 Å². The average molecular weight is 489 g/mol. The normalized spacial score (nSPS) is 14.6. The molecular formula is C24H28N2O7S. The predicted molar refractivity (Wildman–Crippen MR) is 127 cm³/mol. The number of benzene rings is 2. The largest absolute Gasteiger partial charge is 0.504 e. The Kier molecular flexibility index (Phi) is 8.30. The molecule has 0 unspecified atom stereocenters. The Labute approximate surface area is 199 Å². The van der Waals surface area contributed by atoms with Gasteiger partial charge in [-0.05, 0) is 61.2 Å². The van der Waals surface area contributed by atoms with Gasteiger partial charge in [-0.2, -0.15) is 4.31 Å². The van der Waals surface area contributed by atoms with E-state index in [0.29, 0.717) is 29.9 Å². The number of aryl methyl sites for hydroxylation is 1. The van der Waals surface area contributed by atoms with Crippen LogP contribution >= 0.6 is 0 Å². The standard InChI is InChI=1S/C24H28N2O7S/c1-17-6-9-19(15-22(17)34(30,31)26-12-4-3-5-13-26)25-23(28)16-33-24(29)11-8-18-7-10-20(27)21(14-18)32-2/h6-11,14-15,27H,3-5,12-13,16H2,1-2H3,(H,25,28)/b11-8+. The number of nitrogens with zero attached hydrogens (tertiary/aromatic N) is 1. The Bertz CT molecular complexity index is 1190. The van der Waals surface area contributed by atoms with Crippen molar-refractivity contribution < 1.29 is 32.6 Å². The van der Waals surface area contributed by atoms with Crippen molar-refractivity contribution in [3.05, 3.63) is 53.6 Å². The number of sulfonamides is 1. The molecule has 1 heterocycles. The summed E-state index contributed by atoms with van der Waals surface area (Å²) in [4.78, 5) is 24.3. The molecule has 9 nitrogen and oxygen atoms in total. The van der Waals surface area contributed by atoms with Crippen molar-refractivity contribution in [3.8, 4) is 11.5 Å². The van der Waals surface area contributed by atoms with Gasteiger partial charge in [0.05, 0.1) is 12.0 Å². The van der Waals surface area contributed by atoms with Gasteiger partial charge in [-0.1, -0.05) is 18.6 Å². The van der Waals surface area contributed by atoms with Crippen LogP contribution in [0.2, 0.25) is 0 Å². The molecule has 0 aromatic heterocycles. The topological polar surface area (TPSA) is 122 Å². The van der Waals surface area contributed by atoms with E-state index >= 15 is 0 Å². The summed E-state index contributed by atoms with van der Waals surface area (Å²) in [6, 6.07) is 9.21. The number of anilines is 1. The number of carbonyl (C=O) groups excluding carboxylic acids is 2. The average Bonchev–Trinajstić information content (AvgIpc) is 2.83. The fourth-order valence-electron chi connectivity index (χ4n) is 3.54. The van der Waals surface area contributed by atoms with E-state index in [4.69, 9.17) is 9.47 Å². The Hall–Kier alpha value is -3.37. The number of hydrogen-bond donors (Lipinski definition) is 2. The van der Waals surface area contributed by atoms with Gasteiger partial charge >= 0.3 is 5.97 Å². The second-order valence-electron chi connectivity index (χ2n) is 7.87. The van der Waals surface area contributed by atoms with Crippen LogP contribution in [-0.4, -0.2) is 56.5 Å². The molecule has 34 heavy (non-hydrogen) atoms. The van der Waals surface area contributed by atoms with Crippen LogP contribution in [0.25, 0.3) is 6.08 Å². The lowest BCUT2D eigenvalue weighted by molar-refractivity contribution is -0.142. The van der Waals surface area contributed by atoms with Crippen LogP contribution in [0.3, 0.4) is 0 Å². The molecule has 0 aliphatic carbocycles. The minimum atomic E-state index is -3.66. The molecular weight excluding hydrogens is 460 g/mol. The van der Waals surface area contributed by atoms with Crippen LogP contribution in [0.4, 0.5) is 5.69 Å². The summed E-state index contributed by atoms with van der Waals surface area (Å²) in [5, 5.41) is 12.2. The lowest BCUT2D eigenvalue weighted by Crippen LogP contribution is -2.36. The van der Waals surface area contributed by atoms with Crippen molar-refractivity contribution in [1.29, 1.82) is 0 Å². The first-order chi connectivity index (χ1) is 16.2. The Balaban J connectivity index is 1.58. The van der Waals surface area contributed by atoms with E-state index < -0.39 is 28.5 Å². The summed E-state index contributed by atoms with van der Waals surface area (Å²) in [7, 11) is -2.24. The zero-order valence-corrected chi connectivity index (χ0v) is 19.9. The molecule has 3 rings (SSSR count). The van der Waals surface area contributed by atoms with E-state index in [-0.39, 0.29) is 16.4 Å². The molecule has 1 aliphatic heterocycles. The maximum absolute atomic E-state index is 13.0. The zero-order valence-electron chi connectivity index (χ0n) is 19.1. The third-order valence-electron chi connectivity index (χ3n) is 5.37. The number of methoxy groups -OCH3 is 1. The fourth-order valence-corrected chi connectivity index (χ4v) is 5.31. The van der Waals surface area contributed by atoms with Gasteiger partial charge in [0.25, 0.3) is 5.91 Å². The number of carbonyl (C=O) groups is 2. The Morgan fingerprint density at radius 2 is 1.85 bits per heavy atom. The predicted octanol–water partition coefficient (Wildman–Crippen LogP) is 3.08. The van der Waals surface area contributed by atoms with E-state index in [1.807, 2.05) is 0 Å². The molecule has 0 spiro atoms. The number of phenols is 1. The number of ether oxygens (including phenoxy) is 2. The molecule has 1 aliphatic rings. The SMILES string of the molecule is COc1cc(/C=C/C(=O)OCC(=O)Nc2ccc(C)c(S(=O)(=O)N3CCCCC3)c2)ccc1O. The summed E-state index contributed by atoms with van der Waals surface area (Å²) in [5.41, 5.74) is 1.48. The number of piperidine rings is 1. The zero-order chi connectivity index (χ0) is 24.7. The highest BCUT2D eigenvalue weighted by Gasteiger charge is 2.27.